The summed E-state index contributed by atoms with van der Waals surface area (Å²) >= 11 is 1.82. The first-order chi connectivity index (χ1) is 13.8. The molecular weight excluding hydrogens is 362 g/mol. The lowest BCUT2D eigenvalue weighted by atomic mass is 9.96. The number of fused-ring (bicyclic) bond motifs is 3. The number of hydrogen-bond donors (Lipinski definition) is 0. The zero-order chi connectivity index (χ0) is 18.9. The zero-order valence-corrected chi connectivity index (χ0v) is 17.2. The first-order valence-electron chi connectivity index (χ1n) is 10.3. The highest BCUT2D eigenvalue weighted by molar-refractivity contribution is 7.22. The summed E-state index contributed by atoms with van der Waals surface area (Å²) in [5.41, 5.74) is 2.42. The highest BCUT2D eigenvalue weighted by Gasteiger charge is 2.41. The van der Waals surface area contributed by atoms with E-state index in [0.717, 1.165) is 12.1 Å². The first-order valence-corrected chi connectivity index (χ1v) is 11.2. The van der Waals surface area contributed by atoms with Crippen molar-refractivity contribution >= 4 is 32.8 Å². The van der Waals surface area contributed by atoms with Crippen molar-refractivity contribution in [3.63, 3.8) is 0 Å². The summed E-state index contributed by atoms with van der Waals surface area (Å²) in [5, 5.41) is 1.17. The topological polar surface area (TPSA) is 19.4 Å². The van der Waals surface area contributed by atoms with Crippen LogP contribution in [0.25, 0.3) is 16.3 Å². The van der Waals surface area contributed by atoms with Crippen LogP contribution in [0, 0.1) is 0 Å². The number of nitrogens with zero attached hydrogens (tertiary/aromatic N) is 3. The zero-order valence-electron chi connectivity index (χ0n) is 16.4. The van der Waals surface area contributed by atoms with Gasteiger partial charge in [0.2, 0.25) is 0 Å². The van der Waals surface area contributed by atoms with E-state index in [9.17, 15) is 0 Å². The summed E-state index contributed by atoms with van der Waals surface area (Å²) in [6.45, 7) is 1.07. The van der Waals surface area contributed by atoms with Gasteiger partial charge in [-0.05, 0) is 43.4 Å². The average Bonchev–Trinajstić information content (AvgIpc) is 3.26. The van der Waals surface area contributed by atoms with Crippen LogP contribution in [0.3, 0.4) is 0 Å². The molecule has 0 aliphatic carbocycles. The molecule has 5 rings (SSSR count). The number of aromatic nitrogens is 1. The van der Waals surface area contributed by atoms with Crippen LogP contribution in [0.1, 0.15) is 31.2 Å². The standard InChI is InChI=1S/C24H27N3S/c1-26(24-25-22-11-5-6-12-23(22)28-24)21-16-19-13-14-20(17-21)27(19)15-7-10-18-8-3-2-4-9-18/h2-12,19-21H,13-17H2,1H3. The van der Waals surface area contributed by atoms with Crippen molar-refractivity contribution in [1.82, 2.24) is 9.88 Å². The Bertz CT molecular complexity index is 917. The third-order valence-electron chi connectivity index (χ3n) is 6.42. The van der Waals surface area contributed by atoms with Crippen LogP contribution >= 0.6 is 11.3 Å². The second-order valence-corrected chi connectivity index (χ2v) is 9.10. The number of hydrogen-bond acceptors (Lipinski definition) is 4. The minimum Gasteiger partial charge on any atom is -0.348 e. The van der Waals surface area contributed by atoms with Gasteiger partial charge in [-0.3, -0.25) is 4.90 Å². The molecule has 1 aromatic heterocycles. The summed E-state index contributed by atoms with van der Waals surface area (Å²) in [5.74, 6) is 0. The quantitative estimate of drug-likeness (QED) is 0.579. The van der Waals surface area contributed by atoms with Crippen molar-refractivity contribution in [1.29, 1.82) is 0 Å². The highest BCUT2D eigenvalue weighted by Crippen LogP contribution is 2.39. The molecular formula is C24H27N3S. The molecule has 3 heterocycles. The van der Waals surface area contributed by atoms with Crippen molar-refractivity contribution in [2.24, 2.45) is 0 Å². The van der Waals surface area contributed by atoms with Gasteiger partial charge in [0.25, 0.3) is 0 Å². The molecule has 4 heteroatoms. The molecule has 0 spiro atoms. The van der Waals surface area contributed by atoms with E-state index in [1.807, 2.05) is 11.3 Å². The summed E-state index contributed by atoms with van der Waals surface area (Å²) in [6.07, 6.45) is 9.79. The Morgan fingerprint density at radius 1 is 1.04 bits per heavy atom. The van der Waals surface area contributed by atoms with Gasteiger partial charge in [-0.25, -0.2) is 4.98 Å². The van der Waals surface area contributed by atoms with Gasteiger partial charge < -0.3 is 4.90 Å². The lowest BCUT2D eigenvalue weighted by Gasteiger charge is -2.41. The molecule has 2 aliphatic rings. The fraction of sp³-hybridized carbons (Fsp3) is 0.375. The van der Waals surface area contributed by atoms with Gasteiger partial charge in [0, 0.05) is 31.7 Å². The summed E-state index contributed by atoms with van der Waals surface area (Å²) in [4.78, 5) is 10.1. The number of piperidine rings is 1. The predicted octanol–water partition coefficient (Wildman–Crippen LogP) is 5.44. The largest absolute Gasteiger partial charge is 0.348 e. The Kier molecular flexibility index (Phi) is 4.91. The fourth-order valence-corrected chi connectivity index (χ4v) is 5.90. The van der Waals surface area contributed by atoms with Crippen molar-refractivity contribution in [3.05, 3.63) is 66.2 Å². The van der Waals surface area contributed by atoms with E-state index in [2.05, 4.69) is 83.6 Å². The molecule has 2 aliphatic heterocycles. The second kappa shape index (κ2) is 7.69. The molecule has 3 aromatic rings. The van der Waals surface area contributed by atoms with Gasteiger partial charge in [-0.2, -0.15) is 0 Å². The Hall–Kier alpha value is -2.17. The molecule has 0 saturated carbocycles. The third kappa shape index (κ3) is 3.47. The molecule has 2 fully saturated rings. The Morgan fingerprint density at radius 3 is 2.50 bits per heavy atom. The lowest BCUT2D eigenvalue weighted by molar-refractivity contribution is 0.142. The maximum absolute atomic E-state index is 4.88. The molecule has 2 aromatic carbocycles. The number of anilines is 1. The van der Waals surface area contributed by atoms with Crippen LogP contribution in [-0.4, -0.2) is 41.6 Å². The van der Waals surface area contributed by atoms with Crippen LogP contribution in [0.4, 0.5) is 5.13 Å². The number of rotatable bonds is 5. The van der Waals surface area contributed by atoms with E-state index in [4.69, 9.17) is 4.98 Å². The minimum absolute atomic E-state index is 0.604. The van der Waals surface area contributed by atoms with Gasteiger partial charge >= 0.3 is 0 Å². The smallest absolute Gasteiger partial charge is 0.186 e. The molecule has 0 amide bonds. The highest BCUT2D eigenvalue weighted by atomic mass is 32.1. The van der Waals surface area contributed by atoms with Gasteiger partial charge in [-0.15, -0.1) is 0 Å². The van der Waals surface area contributed by atoms with Crippen LogP contribution in [0.5, 0.6) is 0 Å². The van der Waals surface area contributed by atoms with Crippen molar-refractivity contribution in [2.75, 3.05) is 18.5 Å². The van der Waals surface area contributed by atoms with Gasteiger partial charge in [0.05, 0.1) is 10.2 Å². The molecule has 2 bridgehead atoms. The lowest BCUT2D eigenvalue weighted by Crippen LogP contribution is -2.49. The molecule has 0 radical (unpaired) electrons. The second-order valence-electron chi connectivity index (χ2n) is 8.10. The maximum Gasteiger partial charge on any atom is 0.186 e. The normalized spacial score (nSPS) is 25.0. The van der Waals surface area contributed by atoms with Crippen LogP contribution in [0.15, 0.2) is 60.7 Å². The van der Waals surface area contributed by atoms with Crippen molar-refractivity contribution in [2.45, 2.75) is 43.8 Å². The number of thiazole rings is 1. The van der Waals surface area contributed by atoms with Gasteiger partial charge in [-0.1, -0.05) is 66.0 Å². The van der Waals surface area contributed by atoms with E-state index in [1.165, 1.54) is 41.1 Å². The molecule has 144 valence electrons. The van der Waals surface area contributed by atoms with E-state index in [1.54, 1.807) is 0 Å². The van der Waals surface area contributed by atoms with Crippen LogP contribution in [0.2, 0.25) is 0 Å². The van der Waals surface area contributed by atoms with Crippen LogP contribution in [-0.2, 0) is 0 Å². The van der Waals surface area contributed by atoms with E-state index >= 15 is 0 Å². The summed E-state index contributed by atoms with van der Waals surface area (Å²) < 4.78 is 1.29. The Morgan fingerprint density at radius 2 is 1.75 bits per heavy atom. The summed E-state index contributed by atoms with van der Waals surface area (Å²) in [7, 11) is 2.24. The number of para-hydroxylation sites is 1. The molecule has 28 heavy (non-hydrogen) atoms. The SMILES string of the molecule is CN(c1nc2ccccc2s1)C1CC2CCC(C1)N2CC=Cc1ccccc1. The van der Waals surface area contributed by atoms with Crippen LogP contribution < -0.4 is 4.90 Å². The molecule has 0 N–H and O–H groups in total. The first kappa shape index (κ1) is 17.9. The van der Waals surface area contributed by atoms with E-state index in [0.29, 0.717) is 18.1 Å². The van der Waals surface area contributed by atoms with Gasteiger partial charge in [0.15, 0.2) is 5.13 Å². The van der Waals surface area contributed by atoms with E-state index < -0.39 is 0 Å². The molecule has 3 nitrogen and oxygen atoms in total. The molecule has 2 unspecified atom stereocenters. The third-order valence-corrected chi connectivity index (χ3v) is 7.54. The van der Waals surface area contributed by atoms with Crippen molar-refractivity contribution in [3.8, 4) is 0 Å². The summed E-state index contributed by atoms with van der Waals surface area (Å²) in [6, 6.07) is 21.1. The van der Waals surface area contributed by atoms with Gasteiger partial charge in [0.1, 0.15) is 0 Å². The minimum atomic E-state index is 0.604. The predicted molar refractivity (Wildman–Crippen MR) is 120 cm³/mol. The molecule has 2 saturated heterocycles. The van der Waals surface area contributed by atoms with E-state index in [-0.39, 0.29) is 0 Å². The molecule has 2 atom stereocenters. The number of benzene rings is 2. The Balaban J connectivity index is 1.25. The Labute approximate surface area is 171 Å². The maximum atomic E-state index is 4.88. The fourth-order valence-electron chi connectivity index (χ4n) is 4.90. The average molecular weight is 390 g/mol. The van der Waals surface area contributed by atoms with Crippen molar-refractivity contribution < 1.29 is 0 Å². The monoisotopic (exact) mass is 389 g/mol.